The first kappa shape index (κ1) is 18.2. The molecule has 1 aromatic carbocycles. The lowest BCUT2D eigenvalue weighted by Gasteiger charge is -2.28. The topological polar surface area (TPSA) is 78.9 Å². The Labute approximate surface area is 157 Å². The van der Waals surface area contributed by atoms with E-state index in [2.05, 4.69) is 5.32 Å². The zero-order valence-corrected chi connectivity index (χ0v) is 15.2. The van der Waals surface area contributed by atoms with Gasteiger partial charge in [0.25, 0.3) is 0 Å². The number of halogens is 1. The number of carboxylic acids is 1. The van der Waals surface area contributed by atoms with Gasteiger partial charge >= 0.3 is 12.0 Å². The maximum atomic E-state index is 13.3. The number of carbonyl (C=O) groups is 2. The number of likely N-dealkylation sites (tertiary alicyclic amines) is 1. The molecule has 1 aromatic rings. The minimum atomic E-state index is -0.799. The number of amides is 2. The van der Waals surface area contributed by atoms with Gasteiger partial charge in [0, 0.05) is 19.7 Å². The molecule has 4 rings (SSSR count). The van der Waals surface area contributed by atoms with Crippen LogP contribution in [0.5, 0.6) is 0 Å². The van der Waals surface area contributed by atoms with Gasteiger partial charge in [0.1, 0.15) is 5.82 Å². The van der Waals surface area contributed by atoms with Crippen molar-refractivity contribution in [3.63, 3.8) is 0 Å². The molecule has 6 nitrogen and oxygen atoms in total. The standard InChI is InChI=1S/C20H25FN2O4/c21-15-7-5-13(6-8-15)17(16-4-2-10-27-16)22-19(26)23-11-14-3-1-9-20(14,12-23)18(24)25/h5-8,14,16-17H,1-4,9-12H2,(H,22,26)(H,24,25)/t14-,16?,17?,20+/m0/s1. The number of carbonyl (C=O) groups excluding carboxylic acids is 1. The molecule has 27 heavy (non-hydrogen) atoms. The van der Waals surface area contributed by atoms with Crippen molar-refractivity contribution >= 4 is 12.0 Å². The highest BCUT2D eigenvalue weighted by Gasteiger charge is 2.56. The molecule has 2 aliphatic heterocycles. The van der Waals surface area contributed by atoms with E-state index in [1.165, 1.54) is 12.1 Å². The second kappa shape index (κ2) is 7.11. The lowest BCUT2D eigenvalue weighted by Crippen LogP contribution is -2.45. The summed E-state index contributed by atoms with van der Waals surface area (Å²) in [5.41, 5.74) is -0.00368. The SMILES string of the molecule is O=C(NC(c1ccc(F)cc1)C1CCCO1)N1C[C@@H]2CCC[C@@]2(C(=O)O)C1. The summed E-state index contributed by atoms with van der Waals surface area (Å²) in [5.74, 6) is -1.10. The van der Waals surface area contributed by atoms with Crippen molar-refractivity contribution in [2.24, 2.45) is 11.3 Å². The van der Waals surface area contributed by atoms with Crippen molar-refractivity contribution in [3.8, 4) is 0 Å². The van der Waals surface area contributed by atoms with E-state index >= 15 is 0 Å². The molecule has 0 spiro atoms. The number of ether oxygens (including phenoxy) is 1. The highest BCUT2D eigenvalue weighted by Crippen LogP contribution is 2.49. The van der Waals surface area contributed by atoms with Crippen LogP contribution in [0.25, 0.3) is 0 Å². The zero-order valence-electron chi connectivity index (χ0n) is 15.2. The number of aliphatic carboxylic acids is 1. The Kier molecular flexibility index (Phi) is 4.80. The zero-order chi connectivity index (χ0) is 19.0. The molecular weight excluding hydrogens is 351 g/mol. The Morgan fingerprint density at radius 2 is 2.04 bits per heavy atom. The largest absolute Gasteiger partial charge is 0.481 e. The van der Waals surface area contributed by atoms with Gasteiger partial charge in [-0.25, -0.2) is 9.18 Å². The van der Waals surface area contributed by atoms with E-state index in [0.717, 1.165) is 31.2 Å². The number of hydrogen-bond donors (Lipinski definition) is 2. The van der Waals surface area contributed by atoms with Crippen LogP contribution >= 0.6 is 0 Å². The number of fused-ring (bicyclic) bond motifs is 1. The van der Waals surface area contributed by atoms with Crippen LogP contribution in [-0.4, -0.2) is 47.8 Å². The average molecular weight is 376 g/mol. The lowest BCUT2D eigenvalue weighted by molar-refractivity contribution is -0.149. The molecule has 146 valence electrons. The molecule has 2 N–H and O–H groups in total. The van der Waals surface area contributed by atoms with E-state index in [9.17, 15) is 19.1 Å². The molecule has 1 aliphatic carbocycles. The van der Waals surface area contributed by atoms with E-state index in [1.54, 1.807) is 17.0 Å². The number of rotatable bonds is 4. The summed E-state index contributed by atoms with van der Waals surface area (Å²) in [6.07, 6.45) is 3.97. The van der Waals surface area contributed by atoms with Gasteiger partial charge in [0.2, 0.25) is 0 Å². The summed E-state index contributed by atoms with van der Waals surface area (Å²) in [6.45, 7) is 1.37. The number of nitrogens with zero attached hydrogens (tertiary/aromatic N) is 1. The molecule has 0 aromatic heterocycles. The highest BCUT2D eigenvalue weighted by atomic mass is 19.1. The Balaban J connectivity index is 1.50. The molecular formula is C20H25FN2O4. The summed E-state index contributed by atoms with van der Waals surface area (Å²) in [6, 6.07) is 5.45. The first-order chi connectivity index (χ1) is 13.0. The molecule has 2 amide bonds. The first-order valence-electron chi connectivity index (χ1n) is 9.65. The average Bonchev–Trinajstić information content (AvgIpc) is 3.36. The molecule has 0 bridgehead atoms. The third-order valence-electron chi connectivity index (χ3n) is 6.43. The number of nitrogens with one attached hydrogen (secondary N) is 1. The number of urea groups is 1. The summed E-state index contributed by atoms with van der Waals surface area (Å²) in [5, 5.41) is 12.7. The fraction of sp³-hybridized carbons (Fsp3) is 0.600. The van der Waals surface area contributed by atoms with E-state index in [4.69, 9.17) is 4.74 Å². The molecule has 3 fully saturated rings. The summed E-state index contributed by atoms with van der Waals surface area (Å²) < 4.78 is 19.1. The second-order valence-corrected chi connectivity index (χ2v) is 7.96. The molecule has 4 atom stereocenters. The summed E-state index contributed by atoms with van der Waals surface area (Å²) in [7, 11) is 0. The van der Waals surface area contributed by atoms with Crippen LogP contribution < -0.4 is 5.32 Å². The van der Waals surface area contributed by atoms with Crippen molar-refractivity contribution in [1.29, 1.82) is 0 Å². The maximum Gasteiger partial charge on any atom is 0.318 e. The minimum absolute atomic E-state index is 0.0211. The van der Waals surface area contributed by atoms with Crippen LogP contribution in [0.2, 0.25) is 0 Å². The molecule has 2 heterocycles. The normalized spacial score (nSPS) is 30.9. The summed E-state index contributed by atoms with van der Waals surface area (Å²) in [4.78, 5) is 26.4. The van der Waals surface area contributed by atoms with Crippen LogP contribution in [0.1, 0.15) is 43.7 Å². The van der Waals surface area contributed by atoms with Crippen molar-refractivity contribution in [2.45, 2.75) is 44.2 Å². The fourth-order valence-electron chi connectivity index (χ4n) is 4.94. The smallest absolute Gasteiger partial charge is 0.318 e. The molecule has 0 radical (unpaired) electrons. The first-order valence-corrected chi connectivity index (χ1v) is 9.65. The maximum absolute atomic E-state index is 13.3. The van der Waals surface area contributed by atoms with Crippen LogP contribution in [0.3, 0.4) is 0 Å². The van der Waals surface area contributed by atoms with Gasteiger partial charge in [0.05, 0.1) is 17.6 Å². The highest BCUT2D eigenvalue weighted by molar-refractivity contribution is 5.80. The monoisotopic (exact) mass is 376 g/mol. The van der Waals surface area contributed by atoms with Gasteiger partial charge in [-0.2, -0.15) is 0 Å². The van der Waals surface area contributed by atoms with Crippen LogP contribution in [0.15, 0.2) is 24.3 Å². The fourth-order valence-corrected chi connectivity index (χ4v) is 4.94. The second-order valence-electron chi connectivity index (χ2n) is 7.96. The summed E-state index contributed by atoms with van der Waals surface area (Å²) >= 11 is 0. The third kappa shape index (κ3) is 3.29. The van der Waals surface area contributed by atoms with Crippen molar-refractivity contribution in [2.75, 3.05) is 19.7 Å². The predicted octanol–water partition coefficient (Wildman–Crippen LogP) is 2.94. The van der Waals surface area contributed by atoms with Crippen molar-refractivity contribution < 1.29 is 23.8 Å². The molecule has 2 unspecified atom stereocenters. The van der Waals surface area contributed by atoms with Crippen molar-refractivity contribution in [3.05, 3.63) is 35.6 Å². The molecule has 1 saturated carbocycles. The molecule has 3 aliphatic rings. The van der Waals surface area contributed by atoms with E-state index in [1.807, 2.05) is 0 Å². The van der Waals surface area contributed by atoms with E-state index in [-0.39, 0.29) is 36.5 Å². The third-order valence-corrected chi connectivity index (χ3v) is 6.43. The number of hydrogen-bond acceptors (Lipinski definition) is 3. The molecule has 2 saturated heterocycles. The van der Waals surface area contributed by atoms with E-state index in [0.29, 0.717) is 19.6 Å². The van der Waals surface area contributed by atoms with Crippen LogP contribution in [0.4, 0.5) is 9.18 Å². The van der Waals surface area contributed by atoms with E-state index < -0.39 is 11.4 Å². The Bertz CT molecular complexity index is 719. The van der Waals surface area contributed by atoms with Gasteiger partial charge in [-0.1, -0.05) is 18.6 Å². The Morgan fingerprint density at radius 3 is 2.67 bits per heavy atom. The quantitative estimate of drug-likeness (QED) is 0.847. The van der Waals surface area contributed by atoms with Gasteiger partial charge in [-0.3, -0.25) is 4.79 Å². The van der Waals surface area contributed by atoms with Crippen LogP contribution in [-0.2, 0) is 9.53 Å². The van der Waals surface area contributed by atoms with Gasteiger partial charge in [-0.05, 0) is 49.3 Å². The van der Waals surface area contributed by atoms with Gasteiger partial charge in [0.15, 0.2) is 0 Å². The molecule has 7 heteroatoms. The van der Waals surface area contributed by atoms with Gasteiger partial charge < -0.3 is 20.1 Å². The minimum Gasteiger partial charge on any atom is -0.481 e. The Morgan fingerprint density at radius 1 is 1.26 bits per heavy atom. The number of benzene rings is 1. The predicted molar refractivity (Wildman–Crippen MR) is 95.6 cm³/mol. The van der Waals surface area contributed by atoms with Crippen LogP contribution in [0, 0.1) is 17.2 Å². The Hall–Kier alpha value is -2.15. The lowest BCUT2D eigenvalue weighted by atomic mass is 9.81. The van der Waals surface area contributed by atoms with Crippen molar-refractivity contribution in [1.82, 2.24) is 10.2 Å². The van der Waals surface area contributed by atoms with Gasteiger partial charge in [-0.15, -0.1) is 0 Å². The number of carboxylic acid groups (broad SMARTS) is 1.